The molecule has 3 aromatic rings. The van der Waals surface area contributed by atoms with E-state index >= 15 is 0 Å². The number of rotatable bonds is 11. The Morgan fingerprint density at radius 2 is 1.71 bits per heavy atom. The van der Waals surface area contributed by atoms with Gasteiger partial charge < -0.3 is 20.5 Å². The molecule has 0 aromatic heterocycles. The van der Waals surface area contributed by atoms with Gasteiger partial charge in [0.15, 0.2) is 11.5 Å². The zero-order valence-corrected chi connectivity index (χ0v) is 20.8. The van der Waals surface area contributed by atoms with Crippen LogP contribution in [-0.2, 0) is 21.4 Å². The molecule has 1 amide bonds. The Morgan fingerprint density at radius 3 is 2.37 bits per heavy atom. The standard InChI is InChI=1S/C26H31N3O5S/c1-4-33-24-16-20(13-14-23(24)34-18(2)3)25(28-21-10-8-9-19(15-21)17-27)26(30)29-35(31,32)22-11-6-5-7-12-22/h5-16,18,25,28H,4,17,27H2,1-3H3,(H,29,30). The number of amides is 1. The Labute approximate surface area is 206 Å². The highest BCUT2D eigenvalue weighted by Crippen LogP contribution is 2.33. The van der Waals surface area contributed by atoms with E-state index in [1.165, 1.54) is 12.1 Å². The van der Waals surface area contributed by atoms with Gasteiger partial charge in [0.25, 0.3) is 15.9 Å². The molecular formula is C26H31N3O5S. The molecule has 8 nitrogen and oxygen atoms in total. The monoisotopic (exact) mass is 497 g/mol. The molecule has 0 saturated carbocycles. The topological polar surface area (TPSA) is 120 Å². The Bertz CT molecular complexity index is 1250. The van der Waals surface area contributed by atoms with E-state index in [1.54, 1.807) is 42.5 Å². The van der Waals surface area contributed by atoms with Crippen LogP contribution >= 0.6 is 0 Å². The molecule has 0 bridgehead atoms. The van der Waals surface area contributed by atoms with Crippen molar-refractivity contribution < 1.29 is 22.7 Å². The van der Waals surface area contributed by atoms with Crippen LogP contribution in [0.15, 0.2) is 77.7 Å². The minimum absolute atomic E-state index is 0.00656. The minimum Gasteiger partial charge on any atom is -0.490 e. The highest BCUT2D eigenvalue weighted by atomic mass is 32.2. The van der Waals surface area contributed by atoms with E-state index in [9.17, 15) is 13.2 Å². The lowest BCUT2D eigenvalue weighted by Crippen LogP contribution is -2.37. The summed E-state index contributed by atoms with van der Waals surface area (Å²) in [6, 6.07) is 19.1. The lowest BCUT2D eigenvalue weighted by molar-refractivity contribution is -0.120. The van der Waals surface area contributed by atoms with Crippen LogP contribution in [0.5, 0.6) is 11.5 Å². The molecule has 0 heterocycles. The molecule has 0 spiro atoms. The lowest BCUT2D eigenvalue weighted by Gasteiger charge is -2.22. The number of ether oxygens (including phenoxy) is 2. The molecule has 0 fully saturated rings. The fourth-order valence-corrected chi connectivity index (χ4v) is 4.44. The van der Waals surface area contributed by atoms with E-state index in [0.717, 1.165) is 5.56 Å². The van der Waals surface area contributed by atoms with Gasteiger partial charge in [-0.25, -0.2) is 13.1 Å². The van der Waals surface area contributed by atoms with Crippen LogP contribution in [0.4, 0.5) is 5.69 Å². The van der Waals surface area contributed by atoms with Crippen LogP contribution in [0.25, 0.3) is 0 Å². The molecule has 1 unspecified atom stereocenters. The number of carbonyl (C=O) groups excluding carboxylic acids is 1. The summed E-state index contributed by atoms with van der Waals surface area (Å²) in [5.41, 5.74) is 7.74. The maximum Gasteiger partial charge on any atom is 0.264 e. The maximum atomic E-state index is 13.4. The third-order valence-electron chi connectivity index (χ3n) is 4.99. The number of benzene rings is 3. The summed E-state index contributed by atoms with van der Waals surface area (Å²) in [6.07, 6.45) is -0.0766. The number of sulfonamides is 1. The second kappa shape index (κ2) is 11.7. The summed E-state index contributed by atoms with van der Waals surface area (Å²) in [5.74, 6) is 0.249. The summed E-state index contributed by atoms with van der Waals surface area (Å²) in [7, 11) is -4.08. The summed E-state index contributed by atoms with van der Waals surface area (Å²) in [5, 5.41) is 3.14. The summed E-state index contributed by atoms with van der Waals surface area (Å²) >= 11 is 0. The number of nitrogens with two attached hydrogens (primary N) is 1. The first kappa shape index (κ1) is 26.1. The lowest BCUT2D eigenvalue weighted by atomic mass is 10.0. The van der Waals surface area contributed by atoms with Crippen LogP contribution in [0.1, 0.15) is 37.9 Å². The van der Waals surface area contributed by atoms with Crippen molar-refractivity contribution in [2.75, 3.05) is 11.9 Å². The normalized spacial score (nSPS) is 12.1. The predicted molar refractivity (Wildman–Crippen MR) is 136 cm³/mol. The van der Waals surface area contributed by atoms with Gasteiger partial charge in [-0.2, -0.15) is 0 Å². The second-order valence-corrected chi connectivity index (χ2v) is 9.75. The van der Waals surface area contributed by atoms with Crippen molar-refractivity contribution in [1.82, 2.24) is 4.72 Å². The maximum absolute atomic E-state index is 13.4. The van der Waals surface area contributed by atoms with Crippen molar-refractivity contribution in [3.63, 3.8) is 0 Å². The highest BCUT2D eigenvalue weighted by molar-refractivity contribution is 7.90. The third kappa shape index (κ3) is 6.97. The first-order valence-corrected chi connectivity index (χ1v) is 12.8. The van der Waals surface area contributed by atoms with Crippen molar-refractivity contribution in [3.8, 4) is 11.5 Å². The average Bonchev–Trinajstić information content (AvgIpc) is 2.84. The average molecular weight is 498 g/mol. The largest absolute Gasteiger partial charge is 0.490 e. The van der Waals surface area contributed by atoms with Gasteiger partial charge in [-0.1, -0.05) is 36.4 Å². The molecule has 4 N–H and O–H groups in total. The molecule has 186 valence electrons. The first-order chi connectivity index (χ1) is 16.7. The van der Waals surface area contributed by atoms with Crippen molar-refractivity contribution in [3.05, 3.63) is 83.9 Å². The Morgan fingerprint density at radius 1 is 0.971 bits per heavy atom. The molecule has 0 aliphatic heterocycles. The summed E-state index contributed by atoms with van der Waals surface area (Å²) < 4.78 is 39.5. The van der Waals surface area contributed by atoms with E-state index in [2.05, 4.69) is 10.0 Å². The number of hydrogen-bond donors (Lipinski definition) is 3. The van der Waals surface area contributed by atoms with Gasteiger partial charge in [0, 0.05) is 12.2 Å². The smallest absolute Gasteiger partial charge is 0.264 e. The van der Waals surface area contributed by atoms with Gasteiger partial charge in [0.1, 0.15) is 6.04 Å². The zero-order chi connectivity index (χ0) is 25.4. The Kier molecular flexibility index (Phi) is 8.73. The zero-order valence-electron chi connectivity index (χ0n) is 20.0. The van der Waals surface area contributed by atoms with Crippen LogP contribution in [0.2, 0.25) is 0 Å². The van der Waals surface area contributed by atoms with Gasteiger partial charge >= 0.3 is 0 Å². The molecule has 0 radical (unpaired) electrons. The minimum atomic E-state index is -4.08. The van der Waals surface area contributed by atoms with Gasteiger partial charge in [-0.15, -0.1) is 0 Å². The third-order valence-corrected chi connectivity index (χ3v) is 6.35. The quantitative estimate of drug-likeness (QED) is 0.366. The predicted octanol–water partition coefficient (Wildman–Crippen LogP) is 3.99. The van der Waals surface area contributed by atoms with Crippen molar-refractivity contribution in [2.45, 2.75) is 44.4 Å². The molecule has 35 heavy (non-hydrogen) atoms. The van der Waals surface area contributed by atoms with Crippen LogP contribution in [-0.4, -0.2) is 27.0 Å². The molecule has 0 aliphatic rings. The van der Waals surface area contributed by atoms with Gasteiger partial charge in [-0.3, -0.25) is 4.79 Å². The number of hydrogen-bond acceptors (Lipinski definition) is 7. The van der Waals surface area contributed by atoms with Crippen LogP contribution in [0.3, 0.4) is 0 Å². The number of nitrogens with one attached hydrogen (secondary N) is 2. The highest BCUT2D eigenvalue weighted by Gasteiger charge is 2.27. The van der Waals surface area contributed by atoms with Crippen molar-refractivity contribution in [2.24, 2.45) is 5.73 Å². The summed E-state index contributed by atoms with van der Waals surface area (Å²) in [4.78, 5) is 13.4. The van der Waals surface area contributed by atoms with Gasteiger partial charge in [0.05, 0.1) is 17.6 Å². The molecule has 0 saturated heterocycles. The van der Waals surface area contributed by atoms with Crippen LogP contribution < -0.4 is 25.2 Å². The Balaban J connectivity index is 2.00. The fraction of sp³-hybridized carbons (Fsp3) is 0.269. The van der Waals surface area contributed by atoms with E-state index in [0.29, 0.717) is 35.9 Å². The van der Waals surface area contributed by atoms with Crippen LogP contribution in [0, 0.1) is 0 Å². The molecule has 3 rings (SSSR count). The molecule has 9 heteroatoms. The van der Waals surface area contributed by atoms with E-state index in [-0.39, 0.29) is 11.0 Å². The first-order valence-electron chi connectivity index (χ1n) is 11.3. The molecule has 0 aliphatic carbocycles. The second-order valence-electron chi connectivity index (χ2n) is 8.07. The van der Waals surface area contributed by atoms with E-state index in [1.807, 2.05) is 39.0 Å². The molecule has 1 atom stereocenters. The van der Waals surface area contributed by atoms with Gasteiger partial charge in [0.2, 0.25) is 0 Å². The van der Waals surface area contributed by atoms with Crippen molar-refractivity contribution in [1.29, 1.82) is 0 Å². The van der Waals surface area contributed by atoms with Gasteiger partial charge in [-0.05, 0) is 68.3 Å². The SMILES string of the molecule is CCOc1cc(C(Nc2cccc(CN)c2)C(=O)NS(=O)(=O)c2ccccc2)ccc1OC(C)C. The Hall–Kier alpha value is -3.56. The van der Waals surface area contributed by atoms with Crippen molar-refractivity contribution >= 4 is 21.6 Å². The molecule has 3 aromatic carbocycles. The van der Waals surface area contributed by atoms with E-state index in [4.69, 9.17) is 15.2 Å². The summed E-state index contributed by atoms with van der Waals surface area (Å²) in [6.45, 7) is 6.37. The number of anilines is 1. The fourth-order valence-electron chi connectivity index (χ4n) is 3.43. The number of carbonyl (C=O) groups is 1. The molecular weight excluding hydrogens is 466 g/mol. The van der Waals surface area contributed by atoms with E-state index < -0.39 is 22.0 Å².